The largest absolute Gasteiger partial charge is 0.496 e. The van der Waals surface area contributed by atoms with Crippen LogP contribution in [0.1, 0.15) is 22.8 Å². The van der Waals surface area contributed by atoms with E-state index in [-0.39, 0.29) is 0 Å². The first-order valence-corrected chi connectivity index (χ1v) is 4.65. The maximum atomic E-state index is 11.2. The van der Waals surface area contributed by atoms with E-state index in [0.717, 1.165) is 11.1 Å². The topological polar surface area (TPSA) is 64.7 Å². The van der Waals surface area contributed by atoms with E-state index in [0.29, 0.717) is 17.0 Å². The number of benzene rings is 1. The third kappa shape index (κ3) is 2.11. The van der Waals surface area contributed by atoms with Gasteiger partial charge in [-0.1, -0.05) is 6.58 Å². The van der Waals surface area contributed by atoms with Gasteiger partial charge in [-0.15, -0.1) is 0 Å². The number of primary amides is 1. The normalized spacial score (nSPS) is 9.62. The van der Waals surface area contributed by atoms with Crippen molar-refractivity contribution in [2.75, 3.05) is 7.11 Å². The molecular weight excluding hydrogens is 204 g/mol. The summed E-state index contributed by atoms with van der Waals surface area (Å²) in [5.74, 6) is -0.158. The Balaban J connectivity index is 3.52. The smallest absolute Gasteiger partial charge is 0.252 e. The van der Waals surface area contributed by atoms with Crippen LogP contribution in [0.4, 0.5) is 5.69 Å². The molecule has 0 aliphatic carbocycles. The Morgan fingerprint density at radius 3 is 2.44 bits per heavy atom. The maximum absolute atomic E-state index is 11.2. The Morgan fingerprint density at radius 1 is 1.44 bits per heavy atom. The van der Waals surface area contributed by atoms with E-state index in [1.54, 1.807) is 12.1 Å². The molecule has 0 saturated carbocycles. The zero-order valence-corrected chi connectivity index (χ0v) is 9.41. The quantitative estimate of drug-likeness (QED) is 0.787. The molecule has 0 bridgehead atoms. The van der Waals surface area contributed by atoms with Gasteiger partial charge in [0.15, 0.2) is 0 Å². The minimum atomic E-state index is -0.546. The molecule has 16 heavy (non-hydrogen) atoms. The van der Waals surface area contributed by atoms with Gasteiger partial charge in [0.05, 0.1) is 18.4 Å². The van der Waals surface area contributed by atoms with E-state index in [2.05, 4.69) is 18.3 Å². The molecule has 0 atom stereocenters. The molecule has 1 aromatic rings. The van der Waals surface area contributed by atoms with Crippen molar-refractivity contribution in [2.24, 2.45) is 10.7 Å². The number of ether oxygens (including phenoxy) is 1. The minimum Gasteiger partial charge on any atom is -0.496 e. The number of aliphatic imine (C=N–C) groups is 1. The lowest BCUT2D eigenvalue weighted by molar-refractivity contribution is 0.0997. The molecule has 0 heterocycles. The number of hydrogen-bond donors (Lipinski definition) is 1. The second-order valence-electron chi connectivity index (χ2n) is 3.37. The highest BCUT2D eigenvalue weighted by atomic mass is 16.5. The predicted octanol–water partition coefficient (Wildman–Crippen LogP) is 2.16. The lowest BCUT2D eigenvalue weighted by atomic mass is 10.0. The molecule has 1 amide bonds. The number of hydrogen-bond acceptors (Lipinski definition) is 3. The van der Waals surface area contributed by atoms with Crippen LogP contribution >= 0.6 is 0 Å². The second-order valence-corrected chi connectivity index (χ2v) is 3.37. The van der Waals surface area contributed by atoms with Crippen LogP contribution in [0.5, 0.6) is 5.75 Å². The predicted molar refractivity (Wildman–Crippen MR) is 65.4 cm³/mol. The van der Waals surface area contributed by atoms with Gasteiger partial charge < -0.3 is 10.5 Å². The first kappa shape index (κ1) is 12.0. The monoisotopic (exact) mass is 218 g/mol. The number of rotatable bonds is 4. The summed E-state index contributed by atoms with van der Waals surface area (Å²) in [4.78, 5) is 15.1. The fraction of sp³-hybridized carbons (Fsp3) is 0.167. The third-order valence-corrected chi connectivity index (χ3v) is 2.21. The van der Waals surface area contributed by atoms with Crippen LogP contribution in [-0.4, -0.2) is 19.7 Å². The first-order chi connectivity index (χ1) is 7.51. The van der Waals surface area contributed by atoms with Crippen LogP contribution < -0.4 is 10.5 Å². The van der Waals surface area contributed by atoms with Gasteiger partial charge >= 0.3 is 0 Å². The number of carbonyl (C=O) groups excluding carboxylic acids is 1. The minimum absolute atomic E-state index is 0.313. The summed E-state index contributed by atoms with van der Waals surface area (Å²) >= 11 is 0. The van der Waals surface area contributed by atoms with Crippen LogP contribution in [0.15, 0.2) is 23.7 Å². The molecule has 4 nitrogen and oxygen atoms in total. The summed E-state index contributed by atoms with van der Waals surface area (Å²) in [6.07, 6.45) is 0. The van der Waals surface area contributed by atoms with E-state index in [4.69, 9.17) is 10.5 Å². The van der Waals surface area contributed by atoms with Crippen molar-refractivity contribution in [3.05, 3.63) is 29.8 Å². The molecule has 0 spiro atoms. The highest BCUT2D eigenvalue weighted by Crippen LogP contribution is 2.32. The van der Waals surface area contributed by atoms with Gasteiger partial charge in [-0.3, -0.25) is 9.79 Å². The van der Waals surface area contributed by atoms with Gasteiger partial charge in [-0.05, 0) is 25.3 Å². The lowest BCUT2D eigenvalue weighted by Gasteiger charge is -2.11. The van der Waals surface area contributed by atoms with Crippen molar-refractivity contribution in [1.82, 2.24) is 0 Å². The van der Waals surface area contributed by atoms with Gasteiger partial charge in [0.25, 0.3) is 5.91 Å². The SMILES string of the molecule is C=Nc1cc(OC)c(C(N)=O)cc1C(=C)C. The zero-order valence-electron chi connectivity index (χ0n) is 9.41. The van der Waals surface area contributed by atoms with Crippen LogP contribution in [0.2, 0.25) is 0 Å². The average molecular weight is 218 g/mol. The molecular formula is C12H14N2O2. The Bertz CT molecular complexity index is 464. The van der Waals surface area contributed by atoms with Crippen LogP contribution in [0.3, 0.4) is 0 Å². The van der Waals surface area contributed by atoms with Crippen molar-refractivity contribution < 1.29 is 9.53 Å². The van der Waals surface area contributed by atoms with E-state index >= 15 is 0 Å². The van der Waals surface area contributed by atoms with Gasteiger partial charge in [-0.25, -0.2) is 0 Å². The molecule has 2 N–H and O–H groups in total. The van der Waals surface area contributed by atoms with Gasteiger partial charge in [0.1, 0.15) is 5.75 Å². The van der Waals surface area contributed by atoms with E-state index < -0.39 is 5.91 Å². The number of allylic oxidation sites excluding steroid dienone is 1. The first-order valence-electron chi connectivity index (χ1n) is 4.65. The number of amides is 1. The van der Waals surface area contributed by atoms with Crippen molar-refractivity contribution >= 4 is 23.9 Å². The molecule has 4 heteroatoms. The number of nitrogens with two attached hydrogens (primary N) is 1. The highest BCUT2D eigenvalue weighted by molar-refractivity contribution is 5.97. The summed E-state index contributed by atoms with van der Waals surface area (Å²) in [6, 6.07) is 3.24. The Kier molecular flexibility index (Phi) is 3.45. The van der Waals surface area contributed by atoms with E-state index in [1.807, 2.05) is 6.92 Å². The molecule has 1 rings (SSSR count). The molecule has 0 saturated heterocycles. The zero-order chi connectivity index (χ0) is 12.3. The summed E-state index contributed by atoms with van der Waals surface area (Å²) in [5.41, 5.74) is 7.71. The molecule has 0 aromatic heterocycles. The van der Waals surface area contributed by atoms with E-state index in [9.17, 15) is 4.79 Å². The lowest BCUT2D eigenvalue weighted by Crippen LogP contribution is -2.12. The van der Waals surface area contributed by atoms with Crippen LogP contribution in [0.25, 0.3) is 5.57 Å². The molecule has 0 unspecified atom stereocenters. The molecule has 0 fully saturated rings. The number of carbonyl (C=O) groups is 1. The molecule has 1 aromatic carbocycles. The van der Waals surface area contributed by atoms with Crippen molar-refractivity contribution in [3.8, 4) is 5.75 Å². The van der Waals surface area contributed by atoms with Crippen molar-refractivity contribution in [3.63, 3.8) is 0 Å². The standard InChI is InChI=1S/C12H14N2O2/c1-7(2)8-5-9(12(13)15)11(16-4)6-10(8)14-3/h5-6H,1,3H2,2,4H3,(H2,13,15). The molecule has 84 valence electrons. The Hall–Kier alpha value is -2.10. The fourth-order valence-electron chi connectivity index (χ4n) is 1.40. The summed E-state index contributed by atoms with van der Waals surface area (Å²) in [5, 5.41) is 0. The van der Waals surface area contributed by atoms with Crippen LogP contribution in [-0.2, 0) is 0 Å². The highest BCUT2D eigenvalue weighted by Gasteiger charge is 2.13. The molecule has 0 radical (unpaired) electrons. The van der Waals surface area contributed by atoms with Crippen LogP contribution in [0, 0.1) is 0 Å². The second kappa shape index (κ2) is 4.61. The number of nitrogens with zero attached hydrogens (tertiary/aromatic N) is 1. The summed E-state index contributed by atoms with van der Waals surface area (Å²) < 4.78 is 5.07. The van der Waals surface area contributed by atoms with Gasteiger partial charge in [-0.2, -0.15) is 0 Å². The number of methoxy groups -OCH3 is 1. The maximum Gasteiger partial charge on any atom is 0.252 e. The third-order valence-electron chi connectivity index (χ3n) is 2.21. The fourth-order valence-corrected chi connectivity index (χ4v) is 1.40. The van der Waals surface area contributed by atoms with Gasteiger partial charge in [0.2, 0.25) is 0 Å². The molecule has 0 aliphatic heterocycles. The Labute approximate surface area is 94.4 Å². The Morgan fingerprint density at radius 2 is 2.06 bits per heavy atom. The summed E-state index contributed by atoms with van der Waals surface area (Å²) in [7, 11) is 1.47. The van der Waals surface area contributed by atoms with E-state index in [1.165, 1.54) is 7.11 Å². The van der Waals surface area contributed by atoms with Crippen molar-refractivity contribution in [1.29, 1.82) is 0 Å². The summed E-state index contributed by atoms with van der Waals surface area (Å²) in [6.45, 7) is 9.09. The van der Waals surface area contributed by atoms with Gasteiger partial charge in [0, 0.05) is 11.6 Å². The molecule has 0 aliphatic rings. The van der Waals surface area contributed by atoms with Crippen molar-refractivity contribution in [2.45, 2.75) is 6.92 Å². The average Bonchev–Trinajstić information content (AvgIpc) is 2.26.